The number of carbonyl (C=O) groups is 1. The zero-order valence-electron chi connectivity index (χ0n) is 14.2. The number of aromatic nitrogens is 2. The van der Waals surface area contributed by atoms with Gasteiger partial charge in [0, 0.05) is 6.04 Å². The highest BCUT2D eigenvalue weighted by Crippen LogP contribution is 2.43. The number of fused-ring (bicyclic) bond motifs is 1. The third kappa shape index (κ3) is 3.47. The SMILES string of the molecule is CC1(c2nc3c(C(N)=O)cccc3[nH]2)CCCN1C1CCC1.Cl.Cl.Cl. The summed E-state index contributed by atoms with van der Waals surface area (Å²) in [7, 11) is 0. The van der Waals surface area contributed by atoms with Crippen LogP contribution in [0.15, 0.2) is 18.2 Å². The van der Waals surface area contributed by atoms with Crippen molar-refractivity contribution in [3.63, 3.8) is 0 Å². The van der Waals surface area contributed by atoms with E-state index in [4.69, 9.17) is 10.7 Å². The number of primary amides is 1. The predicted octanol–water partition coefficient (Wildman–Crippen LogP) is 3.79. The minimum atomic E-state index is -0.420. The number of benzene rings is 1. The Kier molecular flexibility index (Phi) is 7.16. The molecule has 1 amide bonds. The average Bonchev–Trinajstić information content (AvgIpc) is 3.02. The van der Waals surface area contributed by atoms with E-state index in [0.29, 0.717) is 17.1 Å². The van der Waals surface area contributed by atoms with E-state index >= 15 is 0 Å². The van der Waals surface area contributed by atoms with Crippen molar-refractivity contribution in [3.8, 4) is 0 Å². The molecule has 2 aromatic rings. The number of imidazole rings is 1. The van der Waals surface area contributed by atoms with E-state index in [9.17, 15) is 4.79 Å². The van der Waals surface area contributed by atoms with Gasteiger partial charge in [-0.15, -0.1) is 37.2 Å². The molecule has 8 heteroatoms. The maximum atomic E-state index is 11.6. The van der Waals surface area contributed by atoms with E-state index in [2.05, 4.69) is 16.8 Å². The zero-order chi connectivity index (χ0) is 15.3. The third-order valence-electron chi connectivity index (χ3n) is 5.50. The smallest absolute Gasteiger partial charge is 0.250 e. The number of hydrogen-bond acceptors (Lipinski definition) is 3. The minimum Gasteiger partial charge on any atom is -0.366 e. The molecule has 0 bridgehead atoms. The standard InChI is InChI=1S/C17H22N4O.3ClH/c1-17(9-4-10-21(17)11-5-2-6-11)16-19-13-8-3-7-12(15(18)22)14(13)20-16;;;/h3,7-8,11H,2,4-6,9-10H2,1H3,(H2,18,22)(H,19,20);3*1H. The molecule has 2 heterocycles. The van der Waals surface area contributed by atoms with Crippen LogP contribution in [0.3, 0.4) is 0 Å². The number of likely N-dealkylation sites (tertiary alicyclic amines) is 1. The van der Waals surface area contributed by atoms with Crippen molar-refractivity contribution in [2.45, 2.75) is 50.6 Å². The summed E-state index contributed by atoms with van der Waals surface area (Å²) in [5.74, 6) is 0.552. The number of H-pyrrole nitrogens is 1. The molecule has 1 atom stereocenters. The first-order valence-corrected chi connectivity index (χ1v) is 8.15. The summed E-state index contributed by atoms with van der Waals surface area (Å²) in [6.07, 6.45) is 6.23. The number of hydrogen-bond donors (Lipinski definition) is 2. The van der Waals surface area contributed by atoms with Crippen molar-refractivity contribution in [2.75, 3.05) is 6.54 Å². The van der Waals surface area contributed by atoms with Gasteiger partial charge in [0.05, 0.1) is 16.6 Å². The summed E-state index contributed by atoms with van der Waals surface area (Å²) >= 11 is 0. The molecule has 1 unspecified atom stereocenters. The Morgan fingerprint density at radius 2 is 2.00 bits per heavy atom. The lowest BCUT2D eigenvalue weighted by molar-refractivity contribution is 0.0486. The van der Waals surface area contributed by atoms with Gasteiger partial charge in [0.15, 0.2) is 0 Å². The van der Waals surface area contributed by atoms with Crippen molar-refractivity contribution < 1.29 is 4.79 Å². The van der Waals surface area contributed by atoms with E-state index in [1.807, 2.05) is 12.1 Å². The molecule has 5 nitrogen and oxygen atoms in total. The molecule has 0 radical (unpaired) electrons. The maximum absolute atomic E-state index is 11.6. The average molecular weight is 408 g/mol. The van der Waals surface area contributed by atoms with E-state index in [1.165, 1.54) is 25.7 Å². The summed E-state index contributed by atoms with van der Waals surface area (Å²) in [5, 5.41) is 0. The van der Waals surface area contributed by atoms with Crippen LogP contribution in [0.25, 0.3) is 11.0 Å². The van der Waals surface area contributed by atoms with Gasteiger partial charge in [0.25, 0.3) is 5.91 Å². The number of nitrogens with two attached hydrogens (primary N) is 1. The highest BCUT2D eigenvalue weighted by molar-refractivity contribution is 6.04. The zero-order valence-corrected chi connectivity index (χ0v) is 16.6. The number of nitrogens with zero attached hydrogens (tertiary/aromatic N) is 2. The maximum Gasteiger partial charge on any atom is 0.250 e. The Labute approximate surface area is 166 Å². The lowest BCUT2D eigenvalue weighted by Crippen LogP contribution is -2.48. The number of nitrogens with one attached hydrogen (secondary N) is 1. The van der Waals surface area contributed by atoms with Gasteiger partial charge in [-0.25, -0.2) is 4.98 Å². The van der Waals surface area contributed by atoms with Gasteiger partial charge in [-0.05, 0) is 51.3 Å². The molecule has 1 saturated carbocycles. The molecule has 3 N–H and O–H groups in total. The quantitative estimate of drug-likeness (QED) is 0.812. The van der Waals surface area contributed by atoms with Crippen LogP contribution < -0.4 is 5.73 Å². The van der Waals surface area contributed by atoms with Crippen LogP contribution in [-0.2, 0) is 5.54 Å². The van der Waals surface area contributed by atoms with Gasteiger partial charge in [-0.3, -0.25) is 9.69 Å². The van der Waals surface area contributed by atoms with Gasteiger partial charge in [0.2, 0.25) is 0 Å². The van der Waals surface area contributed by atoms with Crippen molar-refractivity contribution in [1.82, 2.24) is 14.9 Å². The molecule has 2 aliphatic rings. The first-order chi connectivity index (χ1) is 10.6. The van der Waals surface area contributed by atoms with Crippen LogP contribution in [0.4, 0.5) is 0 Å². The lowest BCUT2D eigenvalue weighted by atomic mass is 9.87. The van der Waals surface area contributed by atoms with Crippen LogP contribution in [0.1, 0.15) is 55.2 Å². The number of amides is 1. The number of rotatable bonds is 3. The van der Waals surface area contributed by atoms with Crippen molar-refractivity contribution in [3.05, 3.63) is 29.6 Å². The molecule has 140 valence electrons. The van der Waals surface area contributed by atoms with Gasteiger partial charge < -0.3 is 10.7 Å². The molecule has 1 aliphatic carbocycles. The summed E-state index contributed by atoms with van der Waals surface area (Å²) in [5.41, 5.74) is 7.52. The van der Waals surface area contributed by atoms with Crippen LogP contribution in [0.5, 0.6) is 0 Å². The van der Waals surface area contributed by atoms with Gasteiger partial charge in [0.1, 0.15) is 11.3 Å². The second-order valence-corrected chi connectivity index (χ2v) is 6.81. The number of carbonyl (C=O) groups excluding carboxylic acids is 1. The predicted molar refractivity (Wildman–Crippen MR) is 107 cm³/mol. The molecular formula is C17H25Cl3N4O. The van der Waals surface area contributed by atoms with E-state index in [-0.39, 0.29) is 42.8 Å². The molecule has 1 aromatic carbocycles. The molecule has 2 fully saturated rings. The molecule has 4 rings (SSSR count). The largest absolute Gasteiger partial charge is 0.366 e. The lowest BCUT2D eigenvalue weighted by Gasteiger charge is -2.43. The van der Waals surface area contributed by atoms with Crippen LogP contribution in [0, 0.1) is 0 Å². The Hall–Kier alpha value is -1.01. The van der Waals surface area contributed by atoms with E-state index in [0.717, 1.165) is 24.3 Å². The highest BCUT2D eigenvalue weighted by Gasteiger charge is 2.45. The first kappa shape index (κ1) is 22.0. The topological polar surface area (TPSA) is 75.0 Å². The molecule has 1 aromatic heterocycles. The van der Waals surface area contributed by atoms with E-state index in [1.54, 1.807) is 6.07 Å². The number of aromatic amines is 1. The fraction of sp³-hybridized carbons (Fsp3) is 0.529. The first-order valence-electron chi connectivity index (χ1n) is 8.15. The summed E-state index contributed by atoms with van der Waals surface area (Å²) in [6, 6.07) is 6.25. The van der Waals surface area contributed by atoms with Crippen LogP contribution in [0.2, 0.25) is 0 Å². The number of halogens is 3. The van der Waals surface area contributed by atoms with E-state index < -0.39 is 5.91 Å². The fourth-order valence-electron chi connectivity index (χ4n) is 4.01. The van der Waals surface area contributed by atoms with Crippen molar-refractivity contribution in [2.24, 2.45) is 5.73 Å². The molecule has 25 heavy (non-hydrogen) atoms. The second kappa shape index (κ2) is 8.12. The Morgan fingerprint density at radius 3 is 2.60 bits per heavy atom. The van der Waals surface area contributed by atoms with Gasteiger partial charge in [-0.1, -0.05) is 12.5 Å². The second-order valence-electron chi connectivity index (χ2n) is 6.81. The highest BCUT2D eigenvalue weighted by atomic mass is 35.5. The van der Waals surface area contributed by atoms with Crippen LogP contribution >= 0.6 is 37.2 Å². The molecular weight excluding hydrogens is 383 g/mol. The Balaban J connectivity index is 0.00000104. The molecule has 0 spiro atoms. The summed E-state index contributed by atoms with van der Waals surface area (Å²) in [4.78, 5) is 22.4. The van der Waals surface area contributed by atoms with Crippen molar-refractivity contribution in [1.29, 1.82) is 0 Å². The van der Waals surface area contributed by atoms with Gasteiger partial charge in [-0.2, -0.15) is 0 Å². The monoisotopic (exact) mass is 406 g/mol. The summed E-state index contributed by atoms with van der Waals surface area (Å²) in [6.45, 7) is 3.42. The van der Waals surface area contributed by atoms with Gasteiger partial charge >= 0.3 is 0 Å². The third-order valence-corrected chi connectivity index (χ3v) is 5.50. The molecule has 1 aliphatic heterocycles. The van der Waals surface area contributed by atoms with Crippen molar-refractivity contribution >= 4 is 54.2 Å². The fourth-order valence-corrected chi connectivity index (χ4v) is 4.01. The Bertz CT molecular complexity index is 747. The normalized spacial score (nSPS) is 23.2. The summed E-state index contributed by atoms with van der Waals surface area (Å²) < 4.78 is 0. The molecule has 1 saturated heterocycles. The minimum absolute atomic E-state index is 0. The number of para-hydroxylation sites is 1. The van der Waals surface area contributed by atoms with Crippen LogP contribution in [-0.4, -0.2) is 33.4 Å². The Morgan fingerprint density at radius 1 is 1.28 bits per heavy atom.